The van der Waals surface area contributed by atoms with Crippen LogP contribution >= 0.6 is 0 Å². The highest BCUT2D eigenvalue weighted by Gasteiger charge is 2.22. The second-order valence-electron chi connectivity index (χ2n) is 4.38. The SMILES string of the molecule is CCc1ccc(OC)c(C(CN)c2nnnn2C)c1. The molecule has 0 aliphatic carbocycles. The number of hydrogen-bond donors (Lipinski definition) is 1. The Balaban J connectivity index is 2.51. The number of ether oxygens (including phenoxy) is 1. The highest BCUT2D eigenvalue weighted by atomic mass is 16.5. The lowest BCUT2D eigenvalue weighted by Crippen LogP contribution is -2.19. The molecule has 2 aromatic rings. The monoisotopic (exact) mass is 261 g/mol. The van der Waals surface area contributed by atoms with Crippen LogP contribution in [-0.2, 0) is 13.5 Å². The van der Waals surface area contributed by atoms with Gasteiger partial charge in [0.25, 0.3) is 0 Å². The van der Waals surface area contributed by atoms with Crippen molar-refractivity contribution < 1.29 is 4.74 Å². The minimum Gasteiger partial charge on any atom is -0.496 e. The average Bonchev–Trinajstić information content (AvgIpc) is 2.86. The minimum absolute atomic E-state index is 0.0681. The Morgan fingerprint density at radius 3 is 2.74 bits per heavy atom. The molecule has 1 heterocycles. The summed E-state index contributed by atoms with van der Waals surface area (Å²) in [7, 11) is 3.47. The van der Waals surface area contributed by atoms with Gasteiger partial charge in [0.15, 0.2) is 5.82 Å². The Morgan fingerprint density at radius 2 is 2.21 bits per heavy atom. The minimum atomic E-state index is -0.0681. The predicted octanol–water partition coefficient (Wildman–Crippen LogP) is 0.872. The number of nitrogens with two attached hydrogens (primary N) is 1. The van der Waals surface area contributed by atoms with Crippen LogP contribution in [0.25, 0.3) is 0 Å². The molecule has 1 unspecified atom stereocenters. The summed E-state index contributed by atoms with van der Waals surface area (Å²) >= 11 is 0. The topological polar surface area (TPSA) is 78.8 Å². The van der Waals surface area contributed by atoms with E-state index in [4.69, 9.17) is 10.5 Å². The molecule has 2 N–H and O–H groups in total. The maximum Gasteiger partial charge on any atom is 0.159 e. The first kappa shape index (κ1) is 13.5. The molecule has 0 aliphatic rings. The van der Waals surface area contributed by atoms with Gasteiger partial charge in [-0.05, 0) is 28.5 Å². The molecule has 1 aromatic carbocycles. The van der Waals surface area contributed by atoms with Gasteiger partial charge < -0.3 is 10.5 Å². The third kappa shape index (κ3) is 2.58. The molecule has 0 fully saturated rings. The van der Waals surface area contributed by atoms with Crippen LogP contribution in [-0.4, -0.2) is 33.9 Å². The Hall–Kier alpha value is -1.95. The van der Waals surface area contributed by atoms with E-state index in [1.54, 1.807) is 11.8 Å². The average molecular weight is 261 g/mol. The third-order valence-electron chi connectivity index (χ3n) is 3.28. The Morgan fingerprint density at radius 1 is 1.42 bits per heavy atom. The molecule has 2 rings (SSSR count). The van der Waals surface area contributed by atoms with Crippen LogP contribution in [0.5, 0.6) is 5.75 Å². The number of aromatic nitrogens is 4. The van der Waals surface area contributed by atoms with Crippen molar-refractivity contribution >= 4 is 0 Å². The second kappa shape index (κ2) is 5.79. The maximum atomic E-state index is 5.92. The van der Waals surface area contributed by atoms with Crippen molar-refractivity contribution in [2.24, 2.45) is 12.8 Å². The van der Waals surface area contributed by atoms with Gasteiger partial charge in [0.1, 0.15) is 5.75 Å². The maximum absolute atomic E-state index is 5.92. The van der Waals surface area contributed by atoms with Crippen LogP contribution in [0.3, 0.4) is 0 Å². The lowest BCUT2D eigenvalue weighted by atomic mass is 9.95. The molecule has 6 heteroatoms. The fraction of sp³-hybridized carbons (Fsp3) is 0.462. The molecule has 1 atom stereocenters. The molecule has 1 aromatic heterocycles. The Labute approximate surface area is 112 Å². The highest BCUT2D eigenvalue weighted by Crippen LogP contribution is 2.30. The Kier molecular flexibility index (Phi) is 4.11. The number of rotatable bonds is 5. The summed E-state index contributed by atoms with van der Waals surface area (Å²) in [6.07, 6.45) is 0.964. The van der Waals surface area contributed by atoms with Gasteiger partial charge >= 0.3 is 0 Å². The highest BCUT2D eigenvalue weighted by molar-refractivity contribution is 5.42. The van der Waals surface area contributed by atoms with Gasteiger partial charge in [-0.15, -0.1) is 5.10 Å². The summed E-state index contributed by atoms with van der Waals surface area (Å²) in [5, 5.41) is 11.6. The van der Waals surface area contributed by atoms with Crippen LogP contribution in [0.2, 0.25) is 0 Å². The molecule has 0 saturated heterocycles. The van der Waals surface area contributed by atoms with Crippen LogP contribution < -0.4 is 10.5 Å². The van der Waals surface area contributed by atoms with Gasteiger partial charge in [-0.2, -0.15) is 0 Å². The summed E-state index contributed by atoms with van der Waals surface area (Å²) in [6, 6.07) is 6.15. The number of benzene rings is 1. The lowest BCUT2D eigenvalue weighted by molar-refractivity contribution is 0.406. The summed E-state index contributed by atoms with van der Waals surface area (Å²) in [4.78, 5) is 0. The fourth-order valence-electron chi connectivity index (χ4n) is 2.18. The number of aryl methyl sites for hydroxylation is 2. The molecule has 0 amide bonds. The van der Waals surface area contributed by atoms with Gasteiger partial charge in [-0.25, -0.2) is 4.68 Å². The number of nitrogens with zero attached hydrogens (tertiary/aromatic N) is 4. The molecule has 102 valence electrons. The quantitative estimate of drug-likeness (QED) is 0.864. The molecular formula is C13H19N5O. The van der Waals surface area contributed by atoms with Gasteiger partial charge in [0, 0.05) is 19.2 Å². The van der Waals surface area contributed by atoms with E-state index >= 15 is 0 Å². The van der Waals surface area contributed by atoms with E-state index in [0.29, 0.717) is 6.54 Å². The zero-order valence-corrected chi connectivity index (χ0v) is 11.5. The first-order chi connectivity index (χ1) is 9.21. The van der Waals surface area contributed by atoms with Crippen molar-refractivity contribution in [2.45, 2.75) is 19.3 Å². The summed E-state index contributed by atoms with van der Waals surface area (Å²) < 4.78 is 7.08. The first-order valence-corrected chi connectivity index (χ1v) is 6.30. The van der Waals surface area contributed by atoms with Crippen LogP contribution in [0, 0.1) is 0 Å². The van der Waals surface area contributed by atoms with Crippen molar-refractivity contribution in [3.8, 4) is 5.75 Å². The number of methoxy groups -OCH3 is 1. The molecule has 0 saturated carbocycles. The summed E-state index contributed by atoms with van der Waals surface area (Å²) in [5.41, 5.74) is 8.19. The van der Waals surface area contributed by atoms with E-state index in [-0.39, 0.29) is 5.92 Å². The molecule has 0 spiro atoms. The number of tetrazole rings is 1. The molecule has 0 radical (unpaired) electrons. The fourth-order valence-corrected chi connectivity index (χ4v) is 2.18. The molecular weight excluding hydrogens is 242 g/mol. The standard InChI is InChI=1S/C13H19N5O/c1-4-9-5-6-12(19-3)10(7-9)11(8-14)13-15-16-17-18(13)2/h5-7,11H,4,8,14H2,1-3H3. The smallest absolute Gasteiger partial charge is 0.159 e. The largest absolute Gasteiger partial charge is 0.496 e. The molecule has 0 aliphatic heterocycles. The summed E-state index contributed by atoms with van der Waals surface area (Å²) in [5.74, 6) is 1.49. The van der Waals surface area contributed by atoms with E-state index in [2.05, 4.69) is 34.6 Å². The van der Waals surface area contributed by atoms with E-state index in [0.717, 1.165) is 23.6 Å². The van der Waals surface area contributed by atoms with Crippen molar-refractivity contribution in [1.29, 1.82) is 0 Å². The second-order valence-corrected chi connectivity index (χ2v) is 4.38. The zero-order valence-electron chi connectivity index (χ0n) is 11.5. The normalized spacial score (nSPS) is 12.4. The lowest BCUT2D eigenvalue weighted by Gasteiger charge is -2.17. The number of hydrogen-bond acceptors (Lipinski definition) is 5. The van der Waals surface area contributed by atoms with Crippen LogP contribution in [0.15, 0.2) is 18.2 Å². The van der Waals surface area contributed by atoms with Crippen molar-refractivity contribution in [3.05, 3.63) is 35.2 Å². The molecule has 19 heavy (non-hydrogen) atoms. The van der Waals surface area contributed by atoms with E-state index < -0.39 is 0 Å². The van der Waals surface area contributed by atoms with Crippen molar-refractivity contribution in [1.82, 2.24) is 20.2 Å². The Bertz CT molecular complexity index is 552. The van der Waals surface area contributed by atoms with Crippen LogP contribution in [0.1, 0.15) is 29.8 Å². The third-order valence-corrected chi connectivity index (χ3v) is 3.28. The van der Waals surface area contributed by atoms with Crippen molar-refractivity contribution in [2.75, 3.05) is 13.7 Å². The summed E-state index contributed by atoms with van der Waals surface area (Å²) in [6.45, 7) is 2.55. The molecule has 0 bridgehead atoms. The first-order valence-electron chi connectivity index (χ1n) is 6.30. The van der Waals surface area contributed by atoms with Gasteiger partial charge in [-0.1, -0.05) is 19.1 Å². The zero-order chi connectivity index (χ0) is 13.8. The van der Waals surface area contributed by atoms with Crippen molar-refractivity contribution in [3.63, 3.8) is 0 Å². The van der Waals surface area contributed by atoms with Gasteiger partial charge in [0.2, 0.25) is 0 Å². The molecule has 6 nitrogen and oxygen atoms in total. The van der Waals surface area contributed by atoms with Crippen LogP contribution in [0.4, 0.5) is 0 Å². The van der Waals surface area contributed by atoms with E-state index in [9.17, 15) is 0 Å². The van der Waals surface area contributed by atoms with Gasteiger partial charge in [-0.3, -0.25) is 0 Å². The van der Waals surface area contributed by atoms with Gasteiger partial charge in [0.05, 0.1) is 13.0 Å². The van der Waals surface area contributed by atoms with E-state index in [1.165, 1.54) is 5.56 Å². The van der Waals surface area contributed by atoms with E-state index in [1.807, 2.05) is 13.1 Å². The predicted molar refractivity (Wildman–Crippen MR) is 72.1 cm³/mol.